The number of hydrogen-bond donors (Lipinski definition) is 3. The average molecular weight is 715 g/mol. The first-order chi connectivity index (χ1) is 22.1. The molecular weight excluding hydrogens is 680 g/mol. The molecule has 3 N–H and O–H groups in total. The third kappa shape index (κ3) is 6.64. The quantitative estimate of drug-likeness (QED) is 0.201. The third-order valence-electron chi connectivity index (χ3n) is 9.11. The highest BCUT2D eigenvalue weighted by atomic mass is 32.2. The minimum Gasteiger partial charge on any atom is -0.368 e. The third-order valence-corrected chi connectivity index (χ3v) is 11.6. The molecule has 2 aromatic carbocycles. The Balaban J connectivity index is 1.88. The van der Waals surface area contributed by atoms with Gasteiger partial charge in [-0.15, -0.1) is 0 Å². The molecule has 1 heterocycles. The van der Waals surface area contributed by atoms with Crippen molar-refractivity contribution in [1.29, 1.82) is 0 Å². The number of amides is 2. The summed E-state index contributed by atoms with van der Waals surface area (Å²) in [4.78, 5) is 28.0. The number of hydrogen-bond acceptors (Lipinski definition) is 6. The van der Waals surface area contributed by atoms with E-state index in [4.69, 9.17) is 0 Å². The van der Waals surface area contributed by atoms with Crippen molar-refractivity contribution >= 4 is 21.7 Å². The Bertz CT molecular complexity index is 1570. The predicted molar refractivity (Wildman–Crippen MR) is 154 cm³/mol. The number of aliphatic hydroxyl groups is 2. The first-order valence-corrected chi connectivity index (χ1v) is 16.5. The van der Waals surface area contributed by atoms with Crippen LogP contribution < -0.4 is 5.32 Å². The monoisotopic (exact) mass is 714 g/mol. The van der Waals surface area contributed by atoms with Gasteiger partial charge >= 0.3 is 18.0 Å². The zero-order valence-electron chi connectivity index (χ0n) is 25.7. The van der Waals surface area contributed by atoms with Gasteiger partial charge in [-0.3, -0.25) is 9.59 Å². The lowest BCUT2D eigenvalue weighted by molar-refractivity contribution is -0.348. The highest BCUT2D eigenvalue weighted by Gasteiger charge is 2.73. The predicted octanol–water partition coefficient (Wildman–Crippen LogP) is 5.03. The molecule has 17 heteroatoms. The molecule has 2 aromatic rings. The summed E-state index contributed by atoms with van der Waals surface area (Å²) in [5.41, 5.74) is -8.12. The molecule has 48 heavy (non-hydrogen) atoms. The molecule has 0 spiro atoms. The van der Waals surface area contributed by atoms with Gasteiger partial charge in [0.1, 0.15) is 16.6 Å². The number of likely N-dealkylation sites (tertiary alicyclic amines) is 1. The maximum Gasteiger partial charge on any atom is 0.435 e. The highest BCUT2D eigenvalue weighted by molar-refractivity contribution is 7.92. The smallest absolute Gasteiger partial charge is 0.368 e. The van der Waals surface area contributed by atoms with Crippen LogP contribution in [0, 0.1) is 17.7 Å². The maximum absolute atomic E-state index is 14.9. The van der Waals surface area contributed by atoms with E-state index in [0.717, 1.165) is 29.2 Å². The molecule has 1 unspecified atom stereocenters. The fraction of sp³-hybridized carbons (Fsp3) is 0.548. The Labute approximate surface area is 271 Å². The van der Waals surface area contributed by atoms with Gasteiger partial charge in [0.2, 0.25) is 11.8 Å². The number of sulfone groups is 1. The topological polar surface area (TPSA) is 124 Å². The molecule has 1 aliphatic heterocycles. The van der Waals surface area contributed by atoms with Crippen molar-refractivity contribution in [1.82, 2.24) is 10.2 Å². The van der Waals surface area contributed by atoms with Gasteiger partial charge in [-0.05, 0) is 69.4 Å². The lowest BCUT2D eigenvalue weighted by Gasteiger charge is -2.34. The van der Waals surface area contributed by atoms with Crippen LogP contribution in [-0.4, -0.2) is 72.6 Å². The maximum atomic E-state index is 14.9. The van der Waals surface area contributed by atoms with Gasteiger partial charge in [0, 0.05) is 36.4 Å². The molecule has 2 aliphatic rings. The largest absolute Gasteiger partial charge is 0.435 e. The zero-order chi connectivity index (χ0) is 36.0. The van der Waals surface area contributed by atoms with Crippen molar-refractivity contribution in [2.45, 2.75) is 92.0 Å². The summed E-state index contributed by atoms with van der Waals surface area (Å²) in [6.07, 6.45) is -14.5. The van der Waals surface area contributed by atoms with Crippen molar-refractivity contribution in [2.75, 3.05) is 6.54 Å². The molecule has 2 fully saturated rings. The Morgan fingerprint density at radius 3 is 1.85 bits per heavy atom. The van der Waals surface area contributed by atoms with E-state index in [1.807, 2.05) is 0 Å². The molecule has 1 saturated heterocycles. The number of nitrogens with zero attached hydrogens (tertiary/aromatic N) is 1. The van der Waals surface area contributed by atoms with Crippen LogP contribution in [0.1, 0.15) is 57.1 Å². The van der Waals surface area contributed by atoms with Crippen molar-refractivity contribution in [3.05, 3.63) is 65.5 Å². The molecule has 2 atom stereocenters. The van der Waals surface area contributed by atoms with E-state index in [0.29, 0.717) is 12.1 Å². The SMILES string of the molecule is CC(C)NC(=O)[C@@H]1CC(c2ccc(C(F)(C(F)(F)F)C(F)(F)F)cc2)(S(=O)(=O)c2ccc(F)cc2)CN1C(=O)C1CCC(C(O)O)CC1. The first kappa shape index (κ1) is 37.5. The van der Waals surface area contributed by atoms with Crippen LogP contribution in [0.25, 0.3) is 0 Å². The van der Waals surface area contributed by atoms with Gasteiger partial charge in [-0.25, -0.2) is 17.2 Å². The lowest BCUT2D eigenvalue weighted by Crippen LogP contribution is -2.50. The molecule has 0 radical (unpaired) electrons. The molecule has 0 aromatic heterocycles. The second-order valence-electron chi connectivity index (χ2n) is 12.6. The Kier molecular flexibility index (Phi) is 10.3. The standard InChI is InChI=1S/C31H34F8N2O6S/c1-17(2)40-25(42)24-15-28(48(46,47)23-13-11-22(32)12-14-23,16-41(24)26(43)18-3-5-19(6-4-18)27(44)45)20-7-9-21(10-8-20)29(33,30(34,35)36)31(37,38)39/h7-14,17-19,24,27,44-45H,3-6,15-16H2,1-2H3,(H,40,42)/t18?,19?,24-,28?/m0/s1. The number of aliphatic hydroxyl groups excluding tert-OH is 1. The Morgan fingerprint density at radius 1 is 0.875 bits per heavy atom. The molecule has 4 rings (SSSR count). The number of rotatable bonds is 8. The van der Waals surface area contributed by atoms with Crippen LogP contribution in [0.15, 0.2) is 53.4 Å². The number of alkyl halides is 7. The van der Waals surface area contributed by atoms with Crippen LogP contribution in [-0.2, 0) is 29.8 Å². The van der Waals surface area contributed by atoms with Crippen LogP contribution in [0.2, 0.25) is 0 Å². The van der Waals surface area contributed by atoms with Gasteiger partial charge in [0.05, 0.1) is 4.90 Å². The fourth-order valence-corrected chi connectivity index (χ4v) is 8.59. The van der Waals surface area contributed by atoms with Gasteiger partial charge < -0.3 is 20.4 Å². The second-order valence-corrected chi connectivity index (χ2v) is 14.8. The Morgan fingerprint density at radius 2 is 1.40 bits per heavy atom. The number of nitrogens with one attached hydrogen (secondary N) is 1. The molecule has 0 bridgehead atoms. The summed E-state index contributed by atoms with van der Waals surface area (Å²) in [6.45, 7) is 2.39. The average Bonchev–Trinajstić information content (AvgIpc) is 3.42. The van der Waals surface area contributed by atoms with Crippen molar-refractivity contribution < 1.29 is 63.3 Å². The van der Waals surface area contributed by atoms with Gasteiger partial charge in [-0.2, -0.15) is 26.3 Å². The molecule has 2 amide bonds. The van der Waals surface area contributed by atoms with Crippen molar-refractivity contribution in [3.8, 4) is 0 Å². The van der Waals surface area contributed by atoms with Crippen molar-refractivity contribution in [2.24, 2.45) is 11.8 Å². The van der Waals surface area contributed by atoms with E-state index in [1.54, 1.807) is 13.8 Å². The summed E-state index contributed by atoms with van der Waals surface area (Å²) >= 11 is 0. The summed E-state index contributed by atoms with van der Waals surface area (Å²) in [5, 5.41) is 21.7. The first-order valence-electron chi connectivity index (χ1n) is 15.0. The minimum atomic E-state index is -6.44. The van der Waals surface area contributed by atoms with E-state index < -0.39 is 109 Å². The number of carbonyl (C=O) groups excluding carboxylic acids is 2. The van der Waals surface area contributed by atoms with Crippen LogP contribution in [0.3, 0.4) is 0 Å². The van der Waals surface area contributed by atoms with E-state index in [9.17, 15) is 63.3 Å². The molecular formula is C31H34F8N2O6S. The minimum absolute atomic E-state index is 0.149. The van der Waals surface area contributed by atoms with Crippen LogP contribution in [0.5, 0.6) is 0 Å². The summed E-state index contributed by atoms with van der Waals surface area (Å²) in [6, 6.07) is 2.88. The van der Waals surface area contributed by atoms with E-state index in [-0.39, 0.29) is 37.8 Å². The van der Waals surface area contributed by atoms with Gasteiger partial charge in [0.15, 0.2) is 16.1 Å². The highest BCUT2D eigenvalue weighted by Crippen LogP contribution is 2.54. The molecule has 266 valence electrons. The number of halogens is 8. The second kappa shape index (κ2) is 13.2. The van der Waals surface area contributed by atoms with Gasteiger partial charge in [0.25, 0.3) is 0 Å². The number of benzene rings is 2. The van der Waals surface area contributed by atoms with E-state index in [1.165, 1.54) is 0 Å². The summed E-state index contributed by atoms with van der Waals surface area (Å²) < 4.78 is 136. The summed E-state index contributed by atoms with van der Waals surface area (Å²) in [7, 11) is -4.83. The number of carbonyl (C=O) groups is 2. The zero-order valence-corrected chi connectivity index (χ0v) is 26.5. The molecule has 1 saturated carbocycles. The van der Waals surface area contributed by atoms with Crippen LogP contribution >= 0.6 is 0 Å². The van der Waals surface area contributed by atoms with E-state index in [2.05, 4.69) is 5.32 Å². The van der Waals surface area contributed by atoms with Gasteiger partial charge in [-0.1, -0.05) is 24.3 Å². The fourth-order valence-electron chi connectivity index (χ4n) is 6.51. The normalized spacial score (nSPS) is 24.3. The van der Waals surface area contributed by atoms with E-state index >= 15 is 0 Å². The van der Waals surface area contributed by atoms with Crippen LogP contribution in [0.4, 0.5) is 35.1 Å². The molecule has 8 nitrogen and oxygen atoms in total. The lowest BCUT2D eigenvalue weighted by atomic mass is 9.81. The molecule has 1 aliphatic carbocycles. The Hall–Kier alpha value is -3.31. The summed E-state index contributed by atoms with van der Waals surface area (Å²) in [5.74, 6) is -3.60. The van der Waals surface area contributed by atoms with Crippen molar-refractivity contribution in [3.63, 3.8) is 0 Å².